The first-order valence-electron chi connectivity index (χ1n) is 15.5. The van der Waals surface area contributed by atoms with Crippen molar-refractivity contribution in [3.8, 4) is 0 Å². The van der Waals surface area contributed by atoms with E-state index >= 15 is 0 Å². The number of piperazine rings is 1. The van der Waals surface area contributed by atoms with Gasteiger partial charge >= 0.3 is 0 Å². The molecule has 0 radical (unpaired) electrons. The number of aryl methyl sites for hydroxylation is 2. The maximum Gasteiger partial charge on any atom is 0.227 e. The second kappa shape index (κ2) is 14.8. The molecule has 8 rings (SSSR count). The molecule has 0 spiro atoms. The van der Waals surface area contributed by atoms with Gasteiger partial charge in [0.05, 0.1) is 33.0 Å². The maximum absolute atomic E-state index is 13.6. The Kier molecular flexibility index (Phi) is 10.1. The van der Waals surface area contributed by atoms with Crippen molar-refractivity contribution in [1.29, 1.82) is 0 Å². The highest BCUT2D eigenvalue weighted by Crippen LogP contribution is 2.33. The number of nitrogens with one attached hydrogen (secondary N) is 2. The topological polar surface area (TPSA) is 142 Å². The first-order valence-corrected chi connectivity index (χ1v) is 18.9. The van der Waals surface area contributed by atoms with Crippen molar-refractivity contribution in [2.75, 3.05) is 58.1 Å². The summed E-state index contributed by atoms with van der Waals surface area (Å²) in [4.78, 5) is 22.9. The average molecular weight is 758 g/mol. The Balaban J connectivity index is 0.000000176. The zero-order valence-electron chi connectivity index (χ0n) is 26.2. The van der Waals surface area contributed by atoms with Crippen molar-refractivity contribution in [2.24, 2.45) is 0 Å². The van der Waals surface area contributed by atoms with E-state index in [4.69, 9.17) is 28.2 Å². The lowest BCUT2D eigenvalue weighted by Crippen LogP contribution is -2.47. The van der Waals surface area contributed by atoms with Crippen LogP contribution in [0.1, 0.15) is 11.4 Å². The van der Waals surface area contributed by atoms with Crippen LogP contribution in [0.5, 0.6) is 0 Å². The molecule has 3 aliphatic heterocycles. The molecule has 18 heteroatoms. The van der Waals surface area contributed by atoms with Crippen LogP contribution < -0.4 is 20.4 Å². The fourth-order valence-corrected chi connectivity index (χ4v) is 8.58. The van der Waals surface area contributed by atoms with Gasteiger partial charge in [-0.2, -0.15) is 9.97 Å². The number of hydrogen-bond acceptors (Lipinski definition) is 12. The van der Waals surface area contributed by atoms with E-state index in [1.54, 1.807) is 30.3 Å². The molecular weight excluding hydrogens is 729 g/mol. The van der Waals surface area contributed by atoms with Crippen molar-refractivity contribution < 1.29 is 17.2 Å². The summed E-state index contributed by atoms with van der Waals surface area (Å²) >= 11 is 11.7. The third-order valence-electron chi connectivity index (χ3n) is 8.02. The number of fused-ring (bicyclic) bond motifs is 2. The van der Waals surface area contributed by atoms with Crippen LogP contribution in [0.25, 0.3) is 0 Å². The van der Waals surface area contributed by atoms with Gasteiger partial charge in [0.2, 0.25) is 11.2 Å². The Morgan fingerprint density at radius 3 is 1.78 bits per heavy atom. The smallest absolute Gasteiger partial charge is 0.227 e. The van der Waals surface area contributed by atoms with Gasteiger partial charge in [0.15, 0.2) is 22.6 Å². The highest BCUT2D eigenvalue weighted by Gasteiger charge is 2.29. The normalized spacial score (nSPS) is 17.8. The van der Waals surface area contributed by atoms with Crippen LogP contribution in [-0.2, 0) is 34.4 Å². The van der Waals surface area contributed by atoms with E-state index in [1.165, 1.54) is 24.3 Å². The van der Waals surface area contributed by atoms with E-state index in [9.17, 15) is 17.2 Å². The van der Waals surface area contributed by atoms with Gasteiger partial charge in [0, 0.05) is 61.9 Å². The monoisotopic (exact) mass is 756 g/mol. The zero-order valence-corrected chi connectivity index (χ0v) is 29.3. The molecule has 0 amide bonds. The van der Waals surface area contributed by atoms with Gasteiger partial charge in [-0.1, -0.05) is 23.7 Å². The van der Waals surface area contributed by atoms with Crippen LogP contribution >= 0.6 is 23.2 Å². The molecule has 258 valence electrons. The van der Waals surface area contributed by atoms with Crippen molar-refractivity contribution in [3.05, 3.63) is 94.1 Å². The van der Waals surface area contributed by atoms with Crippen molar-refractivity contribution in [2.45, 2.75) is 22.6 Å². The molecule has 0 bridgehead atoms. The van der Waals surface area contributed by atoms with Gasteiger partial charge in [-0.25, -0.2) is 18.7 Å². The van der Waals surface area contributed by atoms with Gasteiger partial charge in [-0.3, -0.25) is 8.42 Å². The highest BCUT2D eigenvalue weighted by molar-refractivity contribution is 7.85. The van der Waals surface area contributed by atoms with Crippen molar-refractivity contribution >= 4 is 79.6 Å². The number of rotatable bonds is 6. The summed E-state index contributed by atoms with van der Waals surface area (Å²) in [6.45, 7) is 2.86. The number of benzene rings is 2. The number of nitrogens with zero attached hydrogens (tertiary/aromatic N) is 8. The minimum absolute atomic E-state index is 0.0940. The molecule has 1 fully saturated rings. The molecule has 5 aromatic rings. The standard InChI is InChI=1S/C20H19ClFN7OS.C12H9ClFN3OS/c21-16-4-5-17(27-26-16)28-7-9-29(10-8-28)20-24-15-6-11-31(30)18(15)19(25-20)23-14-3-1-2-13(22)12-14;13-12-16-9-4-5-19(18)10(9)11(17-12)15-8-3-1-2-7(14)6-8/h1-5,12H,6-11H2,(H,23,24,25);1-3,6H,4-5H2,(H,15,16,17). The average Bonchev–Trinajstić information content (AvgIpc) is 3.67. The fourth-order valence-electron chi connectivity index (χ4n) is 5.68. The largest absolute Gasteiger partial charge is 0.352 e. The number of hydrogen-bond donors (Lipinski definition) is 2. The Morgan fingerprint density at radius 2 is 1.22 bits per heavy atom. The van der Waals surface area contributed by atoms with E-state index in [1.807, 2.05) is 6.07 Å². The van der Waals surface area contributed by atoms with Gasteiger partial charge in [0.25, 0.3) is 0 Å². The summed E-state index contributed by atoms with van der Waals surface area (Å²) in [6, 6.07) is 15.7. The molecule has 6 heterocycles. The SMILES string of the molecule is O=S1CCc2nc(Cl)nc(Nc3cccc(F)c3)c21.O=S1CCc2nc(N3CCN(c4ccc(Cl)nn4)CC3)nc(Nc3cccc(F)c3)c21. The lowest BCUT2D eigenvalue weighted by Gasteiger charge is -2.35. The first kappa shape index (κ1) is 34.1. The molecule has 50 heavy (non-hydrogen) atoms. The van der Waals surface area contributed by atoms with Crippen molar-refractivity contribution in [1.82, 2.24) is 30.1 Å². The summed E-state index contributed by atoms with van der Waals surface area (Å²) in [7, 11) is -2.30. The Bertz CT molecular complexity index is 2110. The lowest BCUT2D eigenvalue weighted by molar-refractivity contribution is 0.627. The van der Waals surface area contributed by atoms with E-state index in [0.717, 1.165) is 24.6 Å². The third-order valence-corrected chi connectivity index (χ3v) is 11.3. The Labute approximate surface area is 300 Å². The summed E-state index contributed by atoms with van der Waals surface area (Å²) in [6.07, 6.45) is 1.25. The van der Waals surface area contributed by atoms with E-state index in [0.29, 0.717) is 87.0 Å². The molecule has 3 aromatic heterocycles. The predicted octanol–water partition coefficient (Wildman–Crippen LogP) is 5.47. The molecule has 2 N–H and O–H groups in total. The van der Waals surface area contributed by atoms with Gasteiger partial charge in [-0.15, -0.1) is 10.2 Å². The molecule has 2 atom stereocenters. The summed E-state index contributed by atoms with van der Waals surface area (Å²) in [5, 5.41) is 14.6. The minimum Gasteiger partial charge on any atom is -0.352 e. The highest BCUT2D eigenvalue weighted by atomic mass is 35.5. The second-order valence-electron chi connectivity index (χ2n) is 11.3. The van der Waals surface area contributed by atoms with E-state index in [-0.39, 0.29) is 16.9 Å². The zero-order chi connectivity index (χ0) is 34.8. The second-order valence-corrected chi connectivity index (χ2v) is 15.1. The minimum atomic E-state index is -1.17. The summed E-state index contributed by atoms with van der Waals surface area (Å²) in [5.41, 5.74) is 2.56. The molecule has 12 nitrogen and oxygen atoms in total. The summed E-state index contributed by atoms with van der Waals surface area (Å²) in [5.74, 6) is 2.56. The van der Waals surface area contributed by atoms with E-state index in [2.05, 4.69) is 45.6 Å². The van der Waals surface area contributed by atoms with Crippen LogP contribution in [0.4, 0.5) is 43.6 Å². The number of anilines is 6. The molecule has 2 aromatic carbocycles. The molecular formula is C32H28Cl2F2N10O2S2. The Morgan fingerprint density at radius 1 is 0.660 bits per heavy atom. The third kappa shape index (κ3) is 7.67. The molecule has 3 aliphatic rings. The molecule has 2 unspecified atom stereocenters. The molecule has 0 aliphatic carbocycles. The Hall–Kier alpha value is -4.38. The lowest BCUT2D eigenvalue weighted by atomic mass is 10.3. The summed E-state index contributed by atoms with van der Waals surface area (Å²) < 4.78 is 51.2. The van der Waals surface area contributed by atoms with Gasteiger partial charge in [0.1, 0.15) is 21.4 Å². The van der Waals surface area contributed by atoms with Gasteiger partial charge < -0.3 is 20.4 Å². The van der Waals surface area contributed by atoms with Crippen LogP contribution in [0, 0.1) is 11.6 Å². The van der Waals surface area contributed by atoms with Crippen LogP contribution in [0.2, 0.25) is 10.4 Å². The molecule has 0 saturated carbocycles. The number of aromatic nitrogens is 6. The van der Waals surface area contributed by atoms with Gasteiger partial charge in [-0.05, 0) is 60.1 Å². The number of halogens is 4. The predicted molar refractivity (Wildman–Crippen MR) is 190 cm³/mol. The fraction of sp³-hybridized carbons (Fsp3) is 0.250. The quantitative estimate of drug-likeness (QED) is 0.212. The van der Waals surface area contributed by atoms with Crippen LogP contribution in [0.3, 0.4) is 0 Å². The maximum atomic E-state index is 13.6. The van der Waals surface area contributed by atoms with Crippen LogP contribution in [-0.4, -0.2) is 76.2 Å². The van der Waals surface area contributed by atoms with Crippen LogP contribution in [0.15, 0.2) is 70.5 Å². The molecule has 1 saturated heterocycles. The first-order chi connectivity index (χ1) is 24.2. The van der Waals surface area contributed by atoms with Crippen molar-refractivity contribution in [3.63, 3.8) is 0 Å². The van der Waals surface area contributed by atoms with E-state index < -0.39 is 21.6 Å².